The first-order valence-corrected chi connectivity index (χ1v) is 16.6. The summed E-state index contributed by atoms with van der Waals surface area (Å²) in [5.41, 5.74) is 3.23. The van der Waals surface area contributed by atoms with Gasteiger partial charge in [0.1, 0.15) is 6.73 Å². The number of pyridine rings is 1. The highest BCUT2D eigenvalue weighted by Gasteiger charge is 2.24. The molecule has 0 N–H and O–H groups in total. The van der Waals surface area contributed by atoms with Gasteiger partial charge >= 0.3 is 0 Å². The van der Waals surface area contributed by atoms with Crippen molar-refractivity contribution in [2.45, 2.75) is 45.4 Å². The predicted molar refractivity (Wildman–Crippen MR) is 149 cm³/mol. The van der Waals surface area contributed by atoms with E-state index in [-0.39, 0.29) is 6.04 Å². The Hall–Kier alpha value is -3.59. The van der Waals surface area contributed by atoms with E-state index in [0.717, 1.165) is 40.8 Å². The molecule has 0 aliphatic carbocycles. The molecule has 1 atom stereocenters. The van der Waals surface area contributed by atoms with Gasteiger partial charge in [-0.15, -0.1) is 0 Å². The third-order valence-corrected chi connectivity index (χ3v) is 8.13. The number of hydrogen-bond acceptors (Lipinski definition) is 8. The molecule has 4 aromatic heterocycles. The van der Waals surface area contributed by atoms with Crippen LogP contribution in [-0.4, -0.2) is 74.5 Å². The number of fused-ring (bicyclic) bond motifs is 1. The normalized spacial score (nSPS) is 16.0. The van der Waals surface area contributed by atoms with Gasteiger partial charge in [-0.05, 0) is 36.9 Å². The minimum atomic E-state index is -1.18. The van der Waals surface area contributed by atoms with Gasteiger partial charge in [0.15, 0.2) is 22.8 Å². The van der Waals surface area contributed by atoms with Crippen molar-refractivity contribution in [2.75, 3.05) is 31.3 Å². The maximum absolute atomic E-state index is 6.02. The van der Waals surface area contributed by atoms with Crippen LogP contribution in [0.2, 0.25) is 25.7 Å². The summed E-state index contributed by atoms with van der Waals surface area (Å²) in [5, 5.41) is 0. The third-order valence-electron chi connectivity index (χ3n) is 6.43. The van der Waals surface area contributed by atoms with Gasteiger partial charge in [-0.1, -0.05) is 19.6 Å². The van der Waals surface area contributed by atoms with Crippen molar-refractivity contribution in [2.24, 2.45) is 7.05 Å². The summed E-state index contributed by atoms with van der Waals surface area (Å²) in [4.78, 5) is 25.4. The lowest BCUT2D eigenvalue weighted by molar-refractivity contribution is 0.0866. The zero-order chi connectivity index (χ0) is 26.7. The summed E-state index contributed by atoms with van der Waals surface area (Å²) in [7, 11) is 0.744. The minimum absolute atomic E-state index is 0.180. The van der Waals surface area contributed by atoms with E-state index in [1.165, 1.54) is 0 Å². The predicted octanol–water partition coefficient (Wildman–Crippen LogP) is 3.56. The number of hydrogen-bond donors (Lipinski definition) is 0. The summed E-state index contributed by atoms with van der Waals surface area (Å²) in [6.45, 7) is 12.3. The van der Waals surface area contributed by atoms with E-state index in [4.69, 9.17) is 24.4 Å². The Morgan fingerprint density at radius 2 is 2.05 bits per heavy atom. The number of nitrogens with zero attached hydrogens (tertiary/aromatic N) is 8. The first-order chi connectivity index (χ1) is 18.3. The van der Waals surface area contributed by atoms with E-state index in [1.807, 2.05) is 34.5 Å². The fourth-order valence-electron chi connectivity index (χ4n) is 4.21. The molecule has 5 rings (SSSR count). The Morgan fingerprint density at radius 1 is 1.18 bits per heavy atom. The SMILES string of the molecule is C[C@H]1COCCN1c1nc(C#Cc2nc(-c3cccnc3)cn2COCC[Si](C)(C)C)nc2c1ncn2C. The molecule has 0 spiro atoms. The smallest absolute Gasteiger partial charge is 0.209 e. The highest BCUT2D eigenvalue weighted by Crippen LogP contribution is 2.25. The van der Waals surface area contributed by atoms with Crippen LogP contribution in [0.5, 0.6) is 0 Å². The van der Waals surface area contributed by atoms with Crippen LogP contribution >= 0.6 is 0 Å². The van der Waals surface area contributed by atoms with Crippen LogP contribution in [0.15, 0.2) is 37.1 Å². The Kier molecular flexibility index (Phi) is 7.55. The van der Waals surface area contributed by atoms with E-state index < -0.39 is 8.07 Å². The molecule has 5 heterocycles. The number of imidazole rings is 2. The van der Waals surface area contributed by atoms with Crippen LogP contribution in [0, 0.1) is 11.8 Å². The molecular weight excluding hydrogens is 496 g/mol. The zero-order valence-electron chi connectivity index (χ0n) is 22.7. The van der Waals surface area contributed by atoms with Crippen molar-refractivity contribution in [3.63, 3.8) is 0 Å². The van der Waals surface area contributed by atoms with Crippen molar-refractivity contribution in [1.82, 2.24) is 34.1 Å². The highest BCUT2D eigenvalue weighted by molar-refractivity contribution is 6.76. The first-order valence-electron chi connectivity index (χ1n) is 12.9. The van der Waals surface area contributed by atoms with Gasteiger partial charge in [-0.2, -0.15) is 0 Å². The quantitative estimate of drug-likeness (QED) is 0.203. The lowest BCUT2D eigenvalue weighted by Crippen LogP contribution is -2.44. The monoisotopic (exact) mass is 530 g/mol. The van der Waals surface area contributed by atoms with E-state index in [2.05, 4.69) is 53.3 Å². The van der Waals surface area contributed by atoms with Crippen molar-refractivity contribution in [1.29, 1.82) is 0 Å². The van der Waals surface area contributed by atoms with Crippen LogP contribution in [0.25, 0.3) is 22.4 Å². The molecule has 0 aromatic carbocycles. The van der Waals surface area contributed by atoms with Crippen molar-refractivity contribution >= 4 is 25.1 Å². The number of anilines is 1. The molecule has 0 unspecified atom stereocenters. The van der Waals surface area contributed by atoms with E-state index >= 15 is 0 Å². The molecule has 10 nitrogen and oxygen atoms in total. The summed E-state index contributed by atoms with van der Waals surface area (Å²) in [6.07, 6.45) is 7.27. The van der Waals surface area contributed by atoms with Gasteiger partial charge in [-0.25, -0.2) is 19.9 Å². The summed E-state index contributed by atoms with van der Waals surface area (Å²) in [5.74, 6) is 8.17. The van der Waals surface area contributed by atoms with E-state index in [9.17, 15) is 0 Å². The number of morpholine rings is 1. The molecule has 0 amide bonds. The average Bonchev–Trinajstić information content (AvgIpc) is 3.49. The first kappa shape index (κ1) is 26.0. The molecule has 0 bridgehead atoms. The van der Waals surface area contributed by atoms with Crippen LogP contribution in [0.3, 0.4) is 0 Å². The van der Waals surface area contributed by atoms with Crippen molar-refractivity contribution in [3.05, 3.63) is 48.7 Å². The molecule has 198 valence electrons. The summed E-state index contributed by atoms with van der Waals surface area (Å²) >= 11 is 0. The lowest BCUT2D eigenvalue weighted by Gasteiger charge is -2.34. The van der Waals surface area contributed by atoms with Crippen LogP contribution in [0.1, 0.15) is 18.6 Å². The minimum Gasteiger partial charge on any atom is -0.377 e. The number of aromatic nitrogens is 7. The van der Waals surface area contributed by atoms with Gasteiger partial charge in [-0.3, -0.25) is 9.55 Å². The van der Waals surface area contributed by atoms with Crippen LogP contribution < -0.4 is 4.90 Å². The molecule has 1 saturated heterocycles. The summed E-state index contributed by atoms with van der Waals surface area (Å²) in [6, 6.07) is 5.16. The summed E-state index contributed by atoms with van der Waals surface area (Å²) < 4.78 is 15.5. The Bertz CT molecular complexity index is 1470. The number of aryl methyl sites for hydroxylation is 1. The Balaban J connectivity index is 1.49. The topological polar surface area (TPSA) is 96.0 Å². The lowest BCUT2D eigenvalue weighted by atomic mass is 10.2. The molecule has 38 heavy (non-hydrogen) atoms. The van der Waals surface area contributed by atoms with Gasteiger partial charge in [0, 0.05) is 52.4 Å². The van der Waals surface area contributed by atoms with Crippen molar-refractivity contribution in [3.8, 4) is 23.1 Å². The Morgan fingerprint density at radius 3 is 2.82 bits per heavy atom. The fourth-order valence-corrected chi connectivity index (χ4v) is 4.97. The molecule has 11 heteroatoms. The van der Waals surface area contributed by atoms with E-state index in [1.54, 1.807) is 18.7 Å². The fraction of sp³-hybridized carbons (Fsp3) is 0.444. The number of rotatable bonds is 7. The van der Waals surface area contributed by atoms with Gasteiger partial charge in [0.05, 0.1) is 31.3 Å². The largest absolute Gasteiger partial charge is 0.377 e. The van der Waals surface area contributed by atoms with Gasteiger partial charge in [0.2, 0.25) is 5.82 Å². The molecule has 1 fully saturated rings. The molecule has 0 saturated carbocycles. The number of ether oxygens (including phenoxy) is 2. The molecule has 1 aliphatic rings. The van der Waals surface area contributed by atoms with Crippen LogP contribution in [0.4, 0.5) is 5.82 Å². The van der Waals surface area contributed by atoms with Crippen molar-refractivity contribution < 1.29 is 9.47 Å². The Labute approximate surface area is 224 Å². The van der Waals surface area contributed by atoms with Crippen LogP contribution in [-0.2, 0) is 23.3 Å². The molecule has 0 radical (unpaired) electrons. The zero-order valence-corrected chi connectivity index (χ0v) is 23.7. The van der Waals surface area contributed by atoms with E-state index in [0.29, 0.717) is 38.2 Å². The maximum atomic E-state index is 6.02. The third kappa shape index (κ3) is 5.93. The molecule has 4 aromatic rings. The molecule has 1 aliphatic heterocycles. The second-order valence-electron chi connectivity index (χ2n) is 10.8. The molecular formula is C27H34N8O2Si. The second kappa shape index (κ2) is 11.0. The highest BCUT2D eigenvalue weighted by atomic mass is 28.3. The second-order valence-corrected chi connectivity index (χ2v) is 16.4. The van der Waals surface area contributed by atoms with Gasteiger partial charge in [0.25, 0.3) is 0 Å². The maximum Gasteiger partial charge on any atom is 0.209 e. The van der Waals surface area contributed by atoms with Gasteiger partial charge < -0.3 is 18.9 Å². The average molecular weight is 531 g/mol. The standard InChI is InChI=1S/C27H34N8O2Si/c1-20-17-36-12-11-35(20)27-25-26(33(2)18-29-25)31-23(32-27)8-9-24-30-22(21-7-6-10-28-15-21)16-34(24)19-37-13-14-38(3,4)5/h6-7,10,15-16,18,20H,11-14,17,19H2,1-5H3/t20-/m0/s1.